The van der Waals surface area contributed by atoms with Gasteiger partial charge >= 0.3 is 0 Å². The van der Waals surface area contributed by atoms with Gasteiger partial charge in [-0.2, -0.15) is 5.26 Å². The van der Waals surface area contributed by atoms with Crippen molar-refractivity contribution in [1.29, 1.82) is 5.26 Å². The lowest BCUT2D eigenvalue weighted by atomic mass is 10.1. The first-order chi connectivity index (χ1) is 14.7. The maximum Gasteiger partial charge on any atom is 0.266 e. The highest BCUT2D eigenvalue weighted by Gasteiger charge is 2.12. The number of fused-ring (bicyclic) bond motifs is 1. The van der Waals surface area contributed by atoms with Gasteiger partial charge in [0.15, 0.2) is 11.5 Å². The minimum atomic E-state index is -0.462. The fourth-order valence-corrected chi connectivity index (χ4v) is 3.06. The summed E-state index contributed by atoms with van der Waals surface area (Å²) < 4.78 is 11.1. The average Bonchev–Trinajstić information content (AvgIpc) is 2.78. The minimum absolute atomic E-state index is 0.00429. The summed E-state index contributed by atoms with van der Waals surface area (Å²) in [5.41, 5.74) is 1.35. The van der Waals surface area contributed by atoms with Crippen LogP contribution in [0.25, 0.3) is 16.8 Å². The molecule has 3 aromatic rings. The van der Waals surface area contributed by atoms with Crippen LogP contribution in [0.1, 0.15) is 25.3 Å². The molecule has 0 aliphatic rings. The fraction of sp³-hybridized carbons (Fsp3) is 0.200. The molecular formula is C25H24N2O3. The number of ether oxygens (including phenoxy) is 2. The van der Waals surface area contributed by atoms with E-state index in [9.17, 15) is 10.1 Å². The van der Waals surface area contributed by atoms with Crippen molar-refractivity contribution in [2.24, 2.45) is 0 Å². The van der Waals surface area contributed by atoms with Crippen molar-refractivity contribution >= 4 is 28.4 Å². The van der Waals surface area contributed by atoms with E-state index in [1.54, 1.807) is 31.4 Å². The van der Waals surface area contributed by atoms with Gasteiger partial charge in [-0.1, -0.05) is 55.8 Å². The molecule has 0 atom stereocenters. The van der Waals surface area contributed by atoms with Gasteiger partial charge in [0, 0.05) is 11.1 Å². The summed E-state index contributed by atoms with van der Waals surface area (Å²) in [7, 11) is 1.56. The Bertz CT molecular complexity index is 1110. The van der Waals surface area contributed by atoms with Crippen LogP contribution < -0.4 is 14.8 Å². The standard InChI is InChI=1S/C25H24N2O3/c1-3-4-14-30-23-13-12-18(16-24(23)29-2)15-20(17-26)25(28)27-22-11-7-9-19-8-5-6-10-21(19)22/h5-13,15-16H,3-4,14H2,1-2H3,(H,27,28). The van der Waals surface area contributed by atoms with Crippen LogP contribution in [-0.2, 0) is 4.79 Å². The van der Waals surface area contributed by atoms with Gasteiger partial charge in [-0.3, -0.25) is 4.79 Å². The molecule has 0 bridgehead atoms. The summed E-state index contributed by atoms with van der Waals surface area (Å²) in [6.07, 6.45) is 3.54. The van der Waals surface area contributed by atoms with E-state index in [0.29, 0.717) is 29.4 Å². The number of amides is 1. The number of hydrogen-bond donors (Lipinski definition) is 1. The van der Waals surface area contributed by atoms with Crippen LogP contribution in [0.5, 0.6) is 11.5 Å². The van der Waals surface area contributed by atoms with Gasteiger partial charge in [0.2, 0.25) is 0 Å². The molecule has 0 spiro atoms. The van der Waals surface area contributed by atoms with Crippen molar-refractivity contribution < 1.29 is 14.3 Å². The van der Waals surface area contributed by atoms with E-state index in [1.165, 1.54) is 0 Å². The molecule has 0 unspecified atom stereocenters. The van der Waals surface area contributed by atoms with E-state index >= 15 is 0 Å². The normalized spacial score (nSPS) is 11.0. The molecule has 0 aromatic heterocycles. The zero-order valence-corrected chi connectivity index (χ0v) is 17.1. The van der Waals surface area contributed by atoms with E-state index in [0.717, 1.165) is 23.6 Å². The lowest BCUT2D eigenvalue weighted by molar-refractivity contribution is -0.112. The second kappa shape index (κ2) is 10.1. The molecule has 1 amide bonds. The monoisotopic (exact) mass is 400 g/mol. The van der Waals surface area contributed by atoms with Gasteiger partial charge in [-0.05, 0) is 41.6 Å². The van der Waals surface area contributed by atoms with Gasteiger partial charge in [0.1, 0.15) is 11.6 Å². The molecule has 0 aliphatic carbocycles. The average molecular weight is 400 g/mol. The summed E-state index contributed by atoms with van der Waals surface area (Å²) in [6.45, 7) is 2.71. The molecule has 0 saturated carbocycles. The molecule has 0 heterocycles. The Labute approximate surface area is 176 Å². The van der Waals surface area contributed by atoms with E-state index in [2.05, 4.69) is 12.2 Å². The second-order valence-electron chi connectivity index (χ2n) is 6.76. The molecular weight excluding hydrogens is 376 g/mol. The highest BCUT2D eigenvalue weighted by Crippen LogP contribution is 2.29. The van der Waals surface area contributed by atoms with E-state index < -0.39 is 5.91 Å². The minimum Gasteiger partial charge on any atom is -0.493 e. The van der Waals surface area contributed by atoms with Crippen LogP contribution in [0, 0.1) is 11.3 Å². The predicted octanol–water partition coefficient (Wildman–Crippen LogP) is 5.57. The first kappa shape index (κ1) is 20.9. The first-order valence-corrected chi connectivity index (χ1v) is 9.88. The Hall–Kier alpha value is -3.78. The van der Waals surface area contributed by atoms with Gasteiger partial charge in [0.25, 0.3) is 5.91 Å². The number of nitrogens with one attached hydrogen (secondary N) is 1. The van der Waals surface area contributed by atoms with Crippen molar-refractivity contribution in [2.75, 3.05) is 19.0 Å². The smallest absolute Gasteiger partial charge is 0.266 e. The highest BCUT2D eigenvalue weighted by atomic mass is 16.5. The second-order valence-corrected chi connectivity index (χ2v) is 6.76. The number of benzene rings is 3. The summed E-state index contributed by atoms with van der Waals surface area (Å²) in [5, 5.41) is 14.3. The number of methoxy groups -OCH3 is 1. The van der Waals surface area contributed by atoms with E-state index in [-0.39, 0.29) is 5.57 Å². The topological polar surface area (TPSA) is 71.3 Å². The quantitative estimate of drug-likeness (QED) is 0.305. The molecule has 5 nitrogen and oxygen atoms in total. The molecule has 0 saturated heterocycles. The van der Waals surface area contributed by atoms with Crippen molar-refractivity contribution in [3.63, 3.8) is 0 Å². The third kappa shape index (κ3) is 4.98. The maximum absolute atomic E-state index is 12.7. The van der Waals surface area contributed by atoms with Crippen LogP contribution >= 0.6 is 0 Å². The molecule has 5 heteroatoms. The number of carbonyl (C=O) groups excluding carboxylic acids is 1. The maximum atomic E-state index is 12.7. The summed E-state index contributed by atoms with van der Waals surface area (Å²) in [6, 6.07) is 20.8. The number of nitrogens with zero attached hydrogens (tertiary/aromatic N) is 1. The Balaban J connectivity index is 1.82. The molecule has 3 aromatic carbocycles. The highest BCUT2D eigenvalue weighted by molar-refractivity contribution is 6.12. The SMILES string of the molecule is CCCCOc1ccc(C=C(C#N)C(=O)Nc2cccc3ccccc23)cc1OC. The van der Waals surface area contributed by atoms with Crippen molar-refractivity contribution in [3.05, 3.63) is 71.8 Å². The molecule has 0 fully saturated rings. The zero-order chi connectivity index (χ0) is 21.3. The van der Waals surface area contributed by atoms with Crippen LogP contribution in [-0.4, -0.2) is 19.6 Å². The van der Waals surface area contributed by atoms with Gasteiger partial charge in [0.05, 0.1) is 13.7 Å². The first-order valence-electron chi connectivity index (χ1n) is 9.88. The van der Waals surface area contributed by atoms with Crippen molar-refractivity contribution in [1.82, 2.24) is 0 Å². The Morgan fingerprint density at radius 2 is 1.90 bits per heavy atom. The van der Waals surface area contributed by atoms with Gasteiger partial charge in [-0.15, -0.1) is 0 Å². The Kier molecular flexibility index (Phi) is 7.07. The number of nitriles is 1. The van der Waals surface area contributed by atoms with E-state index in [1.807, 2.05) is 48.5 Å². The zero-order valence-electron chi connectivity index (χ0n) is 17.1. The third-order valence-electron chi connectivity index (χ3n) is 4.66. The van der Waals surface area contributed by atoms with E-state index in [4.69, 9.17) is 9.47 Å². The number of carbonyl (C=O) groups is 1. The van der Waals surface area contributed by atoms with Gasteiger partial charge < -0.3 is 14.8 Å². The van der Waals surface area contributed by atoms with Crippen LogP contribution in [0.2, 0.25) is 0 Å². The molecule has 30 heavy (non-hydrogen) atoms. The number of anilines is 1. The summed E-state index contributed by atoms with van der Waals surface area (Å²) >= 11 is 0. The summed E-state index contributed by atoms with van der Waals surface area (Å²) in [4.78, 5) is 12.7. The van der Waals surface area contributed by atoms with Crippen LogP contribution in [0.3, 0.4) is 0 Å². The molecule has 3 rings (SSSR count). The molecule has 0 radical (unpaired) electrons. The molecule has 0 aliphatic heterocycles. The Morgan fingerprint density at radius 3 is 2.67 bits per heavy atom. The lowest BCUT2D eigenvalue weighted by Gasteiger charge is -2.11. The third-order valence-corrected chi connectivity index (χ3v) is 4.66. The summed E-state index contributed by atoms with van der Waals surface area (Å²) in [5.74, 6) is 0.740. The Morgan fingerprint density at radius 1 is 1.10 bits per heavy atom. The fourth-order valence-electron chi connectivity index (χ4n) is 3.06. The molecule has 152 valence electrons. The van der Waals surface area contributed by atoms with Gasteiger partial charge in [-0.25, -0.2) is 0 Å². The van der Waals surface area contributed by atoms with Crippen molar-refractivity contribution in [2.45, 2.75) is 19.8 Å². The molecule has 1 N–H and O–H groups in total. The van der Waals surface area contributed by atoms with Crippen LogP contribution in [0.15, 0.2) is 66.2 Å². The van der Waals surface area contributed by atoms with Crippen LogP contribution in [0.4, 0.5) is 5.69 Å². The predicted molar refractivity (Wildman–Crippen MR) is 120 cm³/mol. The number of hydrogen-bond acceptors (Lipinski definition) is 4. The largest absolute Gasteiger partial charge is 0.493 e. The number of rotatable bonds is 8. The lowest BCUT2D eigenvalue weighted by Crippen LogP contribution is -2.13. The number of unbranched alkanes of at least 4 members (excludes halogenated alkanes) is 1. The van der Waals surface area contributed by atoms with Crippen molar-refractivity contribution in [3.8, 4) is 17.6 Å².